The van der Waals surface area contributed by atoms with Crippen LogP contribution in [0.1, 0.15) is 19.8 Å². The summed E-state index contributed by atoms with van der Waals surface area (Å²) in [6, 6.07) is 0.362. The van der Waals surface area contributed by atoms with E-state index in [4.69, 9.17) is 11.6 Å². The van der Waals surface area contributed by atoms with Crippen molar-refractivity contribution < 1.29 is 4.79 Å². The van der Waals surface area contributed by atoms with Crippen LogP contribution in [0.15, 0.2) is 17.2 Å². The van der Waals surface area contributed by atoms with E-state index in [-0.39, 0.29) is 17.6 Å². The van der Waals surface area contributed by atoms with Crippen LogP contribution in [0.5, 0.6) is 0 Å². The van der Waals surface area contributed by atoms with E-state index in [1.165, 1.54) is 17.0 Å². The average Bonchev–Trinajstić information content (AvgIpc) is 3.10. The lowest BCUT2D eigenvalue weighted by Gasteiger charge is -2.20. The fourth-order valence-electron chi connectivity index (χ4n) is 1.81. The topological polar surface area (TPSA) is 55.2 Å². The predicted molar refractivity (Wildman–Crippen MR) is 63.9 cm³/mol. The predicted octanol–water partition coefficient (Wildman–Crippen LogP) is 0.908. The van der Waals surface area contributed by atoms with Crippen LogP contribution in [0.3, 0.4) is 0 Å². The van der Waals surface area contributed by atoms with Crippen LogP contribution in [0.25, 0.3) is 0 Å². The van der Waals surface area contributed by atoms with Gasteiger partial charge in [0.15, 0.2) is 5.15 Å². The van der Waals surface area contributed by atoms with Gasteiger partial charge in [0, 0.05) is 25.0 Å². The van der Waals surface area contributed by atoms with Crippen LogP contribution in [0.4, 0.5) is 0 Å². The monoisotopic (exact) mass is 255 g/mol. The molecule has 92 valence electrons. The third-order valence-corrected chi connectivity index (χ3v) is 3.09. The Hall–Kier alpha value is -1.36. The number of nitrogens with zero attached hydrogens (tertiary/aromatic N) is 3. The van der Waals surface area contributed by atoms with Crippen LogP contribution >= 0.6 is 11.6 Å². The number of carbonyl (C=O) groups is 1. The Balaban J connectivity index is 2.12. The zero-order valence-electron chi connectivity index (χ0n) is 9.60. The summed E-state index contributed by atoms with van der Waals surface area (Å²) >= 11 is 5.62. The number of aromatic nitrogens is 2. The van der Waals surface area contributed by atoms with Crippen LogP contribution in [-0.2, 0) is 11.3 Å². The van der Waals surface area contributed by atoms with Gasteiger partial charge in [-0.3, -0.25) is 9.59 Å². The lowest BCUT2D eigenvalue weighted by Crippen LogP contribution is -2.37. The normalized spacial score (nSPS) is 14.7. The van der Waals surface area contributed by atoms with E-state index in [2.05, 4.69) is 4.98 Å². The molecule has 0 atom stereocenters. The Morgan fingerprint density at radius 1 is 1.65 bits per heavy atom. The van der Waals surface area contributed by atoms with Crippen molar-refractivity contribution >= 4 is 17.5 Å². The van der Waals surface area contributed by atoms with E-state index in [0.29, 0.717) is 12.6 Å². The molecule has 0 aromatic carbocycles. The van der Waals surface area contributed by atoms with Crippen molar-refractivity contribution in [3.63, 3.8) is 0 Å². The number of hydrogen-bond donors (Lipinski definition) is 0. The van der Waals surface area contributed by atoms with Crippen LogP contribution in [0.2, 0.25) is 5.15 Å². The molecule has 1 aliphatic carbocycles. The molecule has 1 fully saturated rings. The second kappa shape index (κ2) is 4.87. The van der Waals surface area contributed by atoms with E-state index in [0.717, 1.165) is 12.8 Å². The van der Waals surface area contributed by atoms with Gasteiger partial charge in [0.1, 0.15) is 6.54 Å². The Morgan fingerprint density at radius 2 is 2.35 bits per heavy atom. The molecule has 0 bridgehead atoms. The quantitative estimate of drug-likeness (QED) is 0.804. The lowest BCUT2D eigenvalue weighted by molar-refractivity contribution is -0.132. The van der Waals surface area contributed by atoms with E-state index >= 15 is 0 Å². The van der Waals surface area contributed by atoms with Gasteiger partial charge in [0.25, 0.3) is 5.56 Å². The molecule has 1 heterocycles. The van der Waals surface area contributed by atoms with Crippen molar-refractivity contribution in [1.29, 1.82) is 0 Å². The highest BCUT2D eigenvalue weighted by atomic mass is 35.5. The van der Waals surface area contributed by atoms with Crippen molar-refractivity contribution in [2.75, 3.05) is 6.54 Å². The molecule has 0 aliphatic heterocycles. The third kappa shape index (κ3) is 2.66. The molecule has 1 aromatic rings. The zero-order valence-corrected chi connectivity index (χ0v) is 10.4. The van der Waals surface area contributed by atoms with Gasteiger partial charge in [-0.15, -0.1) is 0 Å². The van der Waals surface area contributed by atoms with Crippen LogP contribution in [0, 0.1) is 0 Å². The highest BCUT2D eigenvalue weighted by Crippen LogP contribution is 2.26. The van der Waals surface area contributed by atoms with Crippen LogP contribution in [-0.4, -0.2) is 32.9 Å². The molecule has 1 aromatic heterocycles. The minimum Gasteiger partial charge on any atom is -0.338 e. The summed E-state index contributed by atoms with van der Waals surface area (Å²) in [5.41, 5.74) is -0.422. The maximum Gasteiger partial charge on any atom is 0.288 e. The minimum absolute atomic E-state index is 0.0331. The van der Waals surface area contributed by atoms with Gasteiger partial charge >= 0.3 is 0 Å². The first-order chi connectivity index (χ1) is 8.13. The smallest absolute Gasteiger partial charge is 0.288 e. The first kappa shape index (κ1) is 12.1. The highest BCUT2D eigenvalue weighted by Gasteiger charge is 2.31. The molecule has 6 heteroatoms. The molecule has 0 saturated heterocycles. The molecular formula is C11H14ClN3O2. The summed E-state index contributed by atoms with van der Waals surface area (Å²) < 4.78 is 1.29. The van der Waals surface area contributed by atoms with Crippen molar-refractivity contribution in [3.05, 3.63) is 27.9 Å². The highest BCUT2D eigenvalue weighted by molar-refractivity contribution is 6.29. The molecule has 0 radical (unpaired) electrons. The fourth-order valence-corrected chi connectivity index (χ4v) is 1.97. The summed E-state index contributed by atoms with van der Waals surface area (Å²) in [7, 11) is 0. The first-order valence-electron chi connectivity index (χ1n) is 5.64. The lowest BCUT2D eigenvalue weighted by atomic mass is 10.4. The van der Waals surface area contributed by atoms with Gasteiger partial charge in [-0.1, -0.05) is 11.6 Å². The van der Waals surface area contributed by atoms with Gasteiger partial charge in [-0.2, -0.15) is 0 Å². The van der Waals surface area contributed by atoms with Crippen molar-refractivity contribution in [1.82, 2.24) is 14.5 Å². The molecular weight excluding hydrogens is 242 g/mol. The Kier molecular flexibility index (Phi) is 3.47. The number of amides is 1. The minimum atomic E-state index is -0.422. The fraction of sp³-hybridized carbons (Fsp3) is 0.545. The van der Waals surface area contributed by atoms with Crippen molar-refractivity contribution in [2.45, 2.75) is 32.4 Å². The molecule has 0 N–H and O–H groups in total. The molecule has 2 rings (SSSR count). The maximum atomic E-state index is 12.0. The molecule has 17 heavy (non-hydrogen) atoms. The SMILES string of the molecule is CCN(C(=O)Cn1ccnc(Cl)c1=O)C1CC1. The van der Waals surface area contributed by atoms with E-state index in [9.17, 15) is 9.59 Å². The summed E-state index contributed by atoms with van der Waals surface area (Å²) in [6.07, 6.45) is 5.02. The Bertz CT molecular complexity index is 482. The van der Waals surface area contributed by atoms with Crippen LogP contribution < -0.4 is 5.56 Å². The number of hydrogen-bond acceptors (Lipinski definition) is 3. The molecule has 1 saturated carbocycles. The van der Waals surface area contributed by atoms with Crippen molar-refractivity contribution in [2.24, 2.45) is 0 Å². The summed E-state index contributed by atoms with van der Waals surface area (Å²) in [4.78, 5) is 29.1. The summed E-state index contributed by atoms with van der Waals surface area (Å²) in [5, 5.41) is -0.102. The molecule has 1 aliphatic rings. The van der Waals surface area contributed by atoms with Gasteiger partial charge in [0.2, 0.25) is 5.91 Å². The number of halogens is 1. The Labute approximate surface area is 104 Å². The summed E-state index contributed by atoms with van der Waals surface area (Å²) in [6.45, 7) is 2.65. The number of likely N-dealkylation sites (N-methyl/N-ethyl adjacent to an activating group) is 1. The van der Waals surface area contributed by atoms with Gasteiger partial charge < -0.3 is 9.47 Å². The first-order valence-corrected chi connectivity index (χ1v) is 6.01. The standard InChI is InChI=1S/C11H14ClN3O2/c1-2-15(8-3-4-8)9(16)7-14-6-5-13-10(12)11(14)17/h5-6,8H,2-4,7H2,1H3. The maximum absolute atomic E-state index is 12.0. The molecule has 0 unspecified atom stereocenters. The zero-order chi connectivity index (χ0) is 12.4. The third-order valence-electron chi connectivity index (χ3n) is 2.83. The second-order valence-corrected chi connectivity index (χ2v) is 4.42. The van der Waals surface area contributed by atoms with Gasteiger partial charge in [-0.05, 0) is 19.8 Å². The molecule has 0 spiro atoms. The van der Waals surface area contributed by atoms with Crippen molar-refractivity contribution in [3.8, 4) is 0 Å². The van der Waals surface area contributed by atoms with E-state index in [1.54, 1.807) is 4.90 Å². The number of carbonyl (C=O) groups excluding carboxylic acids is 1. The molecule has 5 nitrogen and oxygen atoms in total. The molecule has 1 amide bonds. The number of rotatable bonds is 4. The van der Waals surface area contributed by atoms with E-state index in [1.807, 2.05) is 6.92 Å². The van der Waals surface area contributed by atoms with Gasteiger partial charge in [0.05, 0.1) is 0 Å². The second-order valence-electron chi connectivity index (χ2n) is 4.06. The largest absolute Gasteiger partial charge is 0.338 e. The van der Waals surface area contributed by atoms with Gasteiger partial charge in [-0.25, -0.2) is 4.98 Å². The average molecular weight is 256 g/mol. The van der Waals surface area contributed by atoms with E-state index < -0.39 is 5.56 Å². The Morgan fingerprint density at radius 3 is 2.94 bits per heavy atom. The summed E-state index contributed by atoms with van der Waals surface area (Å²) in [5.74, 6) is -0.0423.